The van der Waals surface area contributed by atoms with Gasteiger partial charge in [0.2, 0.25) is 0 Å². The molecular weight excluding hydrogens is 302 g/mol. The van der Waals surface area contributed by atoms with Crippen molar-refractivity contribution < 1.29 is 4.74 Å². The Morgan fingerprint density at radius 3 is 2.63 bits per heavy atom. The maximum absolute atomic E-state index is 5.31. The fourth-order valence-corrected chi connectivity index (χ4v) is 4.01. The number of hydrogen-bond acceptors (Lipinski definition) is 2. The first kappa shape index (κ1) is 14.9. The van der Waals surface area contributed by atoms with Gasteiger partial charge < -0.3 is 10.1 Å². The molecule has 0 radical (unpaired) electrons. The monoisotopic (exact) mass is 325 g/mol. The lowest BCUT2D eigenvalue weighted by Crippen LogP contribution is -2.32. The van der Waals surface area contributed by atoms with Crippen LogP contribution in [0.3, 0.4) is 0 Å². The second-order valence-electron chi connectivity index (χ2n) is 6.15. The van der Waals surface area contributed by atoms with E-state index < -0.39 is 0 Å². The number of ether oxygens (including phenoxy) is 1. The summed E-state index contributed by atoms with van der Waals surface area (Å²) < 4.78 is 6.34. The molecule has 2 nitrogen and oxygen atoms in total. The van der Waals surface area contributed by atoms with Crippen molar-refractivity contribution in [1.82, 2.24) is 5.32 Å². The number of rotatable bonds is 4. The van der Waals surface area contributed by atoms with Gasteiger partial charge in [0.25, 0.3) is 0 Å². The number of methoxy groups -OCH3 is 1. The van der Waals surface area contributed by atoms with E-state index in [0.717, 1.165) is 10.2 Å². The normalized spacial score (nSPS) is 23.3. The molecule has 0 bridgehead atoms. The quantitative estimate of drug-likeness (QED) is 0.877. The van der Waals surface area contributed by atoms with Crippen LogP contribution in [0, 0.1) is 11.3 Å². The van der Waals surface area contributed by atoms with Crippen LogP contribution in [0.5, 0.6) is 5.75 Å². The van der Waals surface area contributed by atoms with Gasteiger partial charge in [-0.2, -0.15) is 0 Å². The van der Waals surface area contributed by atoms with E-state index in [9.17, 15) is 0 Å². The van der Waals surface area contributed by atoms with Crippen LogP contribution < -0.4 is 10.1 Å². The van der Waals surface area contributed by atoms with Gasteiger partial charge in [-0.3, -0.25) is 0 Å². The molecule has 2 unspecified atom stereocenters. The Labute approximate surface area is 125 Å². The van der Waals surface area contributed by atoms with E-state index in [1.807, 2.05) is 6.07 Å². The fourth-order valence-electron chi connectivity index (χ4n) is 3.45. The van der Waals surface area contributed by atoms with Crippen molar-refractivity contribution in [1.29, 1.82) is 0 Å². The molecule has 2 rings (SSSR count). The highest BCUT2D eigenvalue weighted by molar-refractivity contribution is 9.10. The zero-order valence-electron chi connectivity index (χ0n) is 12.3. The summed E-state index contributed by atoms with van der Waals surface area (Å²) in [6.45, 7) is 4.79. The third kappa shape index (κ3) is 2.97. The van der Waals surface area contributed by atoms with Crippen molar-refractivity contribution >= 4 is 15.9 Å². The van der Waals surface area contributed by atoms with Crippen LogP contribution in [0.2, 0.25) is 0 Å². The molecule has 3 heteroatoms. The van der Waals surface area contributed by atoms with E-state index in [-0.39, 0.29) is 0 Å². The Bertz CT molecular complexity index is 444. The molecule has 1 saturated carbocycles. The first-order valence-corrected chi connectivity index (χ1v) is 7.79. The molecule has 0 saturated heterocycles. The highest BCUT2D eigenvalue weighted by Crippen LogP contribution is 2.49. The molecule has 1 N–H and O–H groups in total. The van der Waals surface area contributed by atoms with Gasteiger partial charge >= 0.3 is 0 Å². The van der Waals surface area contributed by atoms with Crippen molar-refractivity contribution in [2.24, 2.45) is 11.3 Å². The topological polar surface area (TPSA) is 21.3 Å². The molecule has 0 amide bonds. The van der Waals surface area contributed by atoms with Crippen LogP contribution >= 0.6 is 15.9 Å². The average Bonchev–Trinajstić information content (AvgIpc) is 2.71. The summed E-state index contributed by atoms with van der Waals surface area (Å²) in [6.07, 6.45) is 3.97. The van der Waals surface area contributed by atoms with Gasteiger partial charge in [-0.15, -0.1) is 0 Å². The summed E-state index contributed by atoms with van der Waals surface area (Å²) in [5.41, 5.74) is 1.76. The zero-order chi connectivity index (χ0) is 14.0. The molecule has 1 aliphatic carbocycles. The van der Waals surface area contributed by atoms with Gasteiger partial charge in [0.15, 0.2) is 0 Å². The lowest BCUT2D eigenvalue weighted by atomic mass is 9.75. The molecule has 0 aromatic heterocycles. The van der Waals surface area contributed by atoms with Crippen LogP contribution in [0.15, 0.2) is 22.7 Å². The summed E-state index contributed by atoms with van der Waals surface area (Å²) in [5, 5.41) is 3.52. The molecule has 0 aliphatic heterocycles. The van der Waals surface area contributed by atoms with Crippen LogP contribution in [0.25, 0.3) is 0 Å². The van der Waals surface area contributed by atoms with E-state index >= 15 is 0 Å². The Morgan fingerprint density at radius 2 is 2.16 bits per heavy atom. The van der Waals surface area contributed by atoms with Gasteiger partial charge in [-0.05, 0) is 64.8 Å². The summed E-state index contributed by atoms with van der Waals surface area (Å²) in [6, 6.07) is 6.83. The van der Waals surface area contributed by atoms with E-state index in [1.165, 1.54) is 24.8 Å². The van der Waals surface area contributed by atoms with Crippen molar-refractivity contribution in [3.8, 4) is 5.75 Å². The summed E-state index contributed by atoms with van der Waals surface area (Å²) in [4.78, 5) is 0. The third-order valence-corrected chi connectivity index (χ3v) is 5.21. The maximum atomic E-state index is 5.31. The maximum Gasteiger partial charge on any atom is 0.133 e. The van der Waals surface area contributed by atoms with Crippen molar-refractivity contribution in [3.63, 3.8) is 0 Å². The molecule has 1 aromatic carbocycles. The van der Waals surface area contributed by atoms with Gasteiger partial charge in [-0.25, -0.2) is 0 Å². The molecule has 0 spiro atoms. The molecule has 0 heterocycles. The molecule has 106 valence electrons. The second-order valence-corrected chi connectivity index (χ2v) is 7.00. The highest BCUT2D eigenvalue weighted by Gasteiger charge is 2.39. The van der Waals surface area contributed by atoms with Crippen molar-refractivity contribution in [2.75, 3.05) is 14.2 Å². The van der Waals surface area contributed by atoms with Crippen LogP contribution in [0.4, 0.5) is 0 Å². The highest BCUT2D eigenvalue weighted by atomic mass is 79.9. The number of nitrogens with one attached hydrogen (secondary N) is 1. The SMILES string of the molecule is CNC(c1ccc(OC)c(Br)c1)C1CCCC1(C)C. The van der Waals surface area contributed by atoms with Gasteiger partial charge in [0.1, 0.15) is 5.75 Å². The largest absolute Gasteiger partial charge is 0.496 e. The molecule has 1 aliphatic rings. The van der Waals surface area contributed by atoms with E-state index in [0.29, 0.717) is 17.4 Å². The predicted octanol–water partition coefficient (Wildman–Crippen LogP) is 4.54. The molecule has 1 aromatic rings. The lowest BCUT2D eigenvalue weighted by molar-refractivity contribution is 0.203. The number of benzene rings is 1. The first-order chi connectivity index (χ1) is 8.99. The average molecular weight is 326 g/mol. The zero-order valence-corrected chi connectivity index (χ0v) is 13.9. The van der Waals surface area contributed by atoms with Crippen LogP contribution in [-0.4, -0.2) is 14.2 Å². The predicted molar refractivity (Wildman–Crippen MR) is 83.6 cm³/mol. The van der Waals surface area contributed by atoms with Crippen molar-refractivity contribution in [3.05, 3.63) is 28.2 Å². The standard InChI is InChI=1S/C16H24BrNO/c1-16(2)9-5-6-12(16)15(18-3)11-7-8-14(19-4)13(17)10-11/h7-8,10,12,15,18H,5-6,9H2,1-4H3. The van der Waals surface area contributed by atoms with Gasteiger partial charge in [-0.1, -0.05) is 26.3 Å². The Morgan fingerprint density at radius 1 is 1.42 bits per heavy atom. The smallest absolute Gasteiger partial charge is 0.133 e. The number of hydrogen-bond donors (Lipinski definition) is 1. The molecule has 19 heavy (non-hydrogen) atoms. The van der Waals surface area contributed by atoms with E-state index in [1.54, 1.807) is 7.11 Å². The number of halogens is 1. The molecular formula is C16H24BrNO. The first-order valence-electron chi connectivity index (χ1n) is 7.00. The minimum atomic E-state index is 0.416. The lowest BCUT2D eigenvalue weighted by Gasteiger charge is -2.34. The van der Waals surface area contributed by atoms with Crippen molar-refractivity contribution in [2.45, 2.75) is 39.2 Å². The summed E-state index contributed by atoms with van der Waals surface area (Å²) >= 11 is 3.59. The summed E-state index contributed by atoms with van der Waals surface area (Å²) in [5.74, 6) is 1.59. The van der Waals surface area contributed by atoms with E-state index in [4.69, 9.17) is 4.74 Å². The van der Waals surface area contributed by atoms with Crippen LogP contribution in [0.1, 0.15) is 44.7 Å². The minimum Gasteiger partial charge on any atom is -0.496 e. The second kappa shape index (κ2) is 5.84. The molecule has 1 fully saturated rings. The Kier molecular flexibility index (Phi) is 4.57. The van der Waals surface area contributed by atoms with Gasteiger partial charge in [0.05, 0.1) is 11.6 Å². The summed E-state index contributed by atoms with van der Waals surface area (Å²) in [7, 11) is 3.77. The Balaban J connectivity index is 2.29. The third-order valence-electron chi connectivity index (χ3n) is 4.59. The van der Waals surface area contributed by atoms with Crippen LogP contribution in [-0.2, 0) is 0 Å². The van der Waals surface area contributed by atoms with Gasteiger partial charge in [0, 0.05) is 6.04 Å². The Hall–Kier alpha value is -0.540. The molecule has 2 atom stereocenters. The fraction of sp³-hybridized carbons (Fsp3) is 0.625. The van der Waals surface area contributed by atoms with E-state index in [2.05, 4.69) is 54.3 Å². The minimum absolute atomic E-state index is 0.416.